The molecule has 0 bridgehead atoms. The van der Waals surface area contributed by atoms with E-state index in [-0.39, 0.29) is 27.1 Å². The SMILES string of the molecule is CCS(=O)(=O)c1cc(-c2cccc(C#N)c2)cnc1C(=O)N(C)c1nnc(C(F)(F)F)s1. The average molecular weight is 481 g/mol. The Labute approximate surface area is 184 Å². The van der Waals surface area contributed by atoms with Crippen LogP contribution in [0.1, 0.15) is 28.0 Å². The average Bonchev–Trinajstić information content (AvgIpc) is 3.28. The van der Waals surface area contributed by atoms with Crippen LogP contribution < -0.4 is 4.90 Å². The molecule has 1 aromatic carbocycles. The van der Waals surface area contributed by atoms with E-state index in [0.717, 1.165) is 11.9 Å². The second kappa shape index (κ2) is 8.64. The summed E-state index contributed by atoms with van der Waals surface area (Å²) >= 11 is 0.144. The van der Waals surface area contributed by atoms with Crippen molar-refractivity contribution in [2.45, 2.75) is 18.0 Å². The van der Waals surface area contributed by atoms with Gasteiger partial charge in [0.15, 0.2) is 9.84 Å². The predicted octanol–water partition coefficient (Wildman–Crippen LogP) is 3.56. The van der Waals surface area contributed by atoms with Crippen LogP contribution in [0.4, 0.5) is 18.3 Å². The molecule has 0 aliphatic carbocycles. The number of pyridine rings is 1. The van der Waals surface area contributed by atoms with Gasteiger partial charge in [0, 0.05) is 18.8 Å². The van der Waals surface area contributed by atoms with Crippen molar-refractivity contribution >= 4 is 32.2 Å². The highest BCUT2D eigenvalue weighted by molar-refractivity contribution is 7.91. The zero-order valence-corrected chi connectivity index (χ0v) is 18.2. The molecule has 0 aliphatic rings. The van der Waals surface area contributed by atoms with Crippen LogP contribution >= 0.6 is 11.3 Å². The van der Waals surface area contributed by atoms with E-state index in [0.29, 0.717) is 16.7 Å². The monoisotopic (exact) mass is 481 g/mol. The van der Waals surface area contributed by atoms with E-state index in [2.05, 4.69) is 15.2 Å². The zero-order valence-electron chi connectivity index (χ0n) is 16.6. The summed E-state index contributed by atoms with van der Waals surface area (Å²) in [6, 6.07) is 9.60. The van der Waals surface area contributed by atoms with Gasteiger partial charge in [-0.3, -0.25) is 9.69 Å². The number of nitrogens with zero attached hydrogens (tertiary/aromatic N) is 5. The van der Waals surface area contributed by atoms with E-state index in [1.165, 1.54) is 25.3 Å². The van der Waals surface area contributed by atoms with Crippen LogP contribution in [-0.2, 0) is 16.0 Å². The number of carbonyl (C=O) groups excluding carboxylic acids is 1. The lowest BCUT2D eigenvalue weighted by Crippen LogP contribution is -2.29. The van der Waals surface area contributed by atoms with Gasteiger partial charge in [-0.1, -0.05) is 30.4 Å². The van der Waals surface area contributed by atoms with Gasteiger partial charge in [0.05, 0.1) is 22.3 Å². The highest BCUT2D eigenvalue weighted by Gasteiger charge is 2.37. The molecular formula is C19H14F3N5O3S2. The van der Waals surface area contributed by atoms with Gasteiger partial charge in [-0.2, -0.15) is 18.4 Å². The van der Waals surface area contributed by atoms with Crippen molar-refractivity contribution in [2.75, 3.05) is 17.7 Å². The fourth-order valence-electron chi connectivity index (χ4n) is 2.64. The van der Waals surface area contributed by atoms with Crippen LogP contribution in [0.2, 0.25) is 0 Å². The third kappa shape index (κ3) is 4.61. The Morgan fingerprint density at radius 2 is 1.94 bits per heavy atom. The number of benzene rings is 1. The minimum atomic E-state index is -4.73. The van der Waals surface area contributed by atoms with E-state index >= 15 is 0 Å². The molecule has 0 atom stereocenters. The Morgan fingerprint density at radius 3 is 2.53 bits per heavy atom. The highest BCUT2D eigenvalue weighted by Crippen LogP contribution is 2.34. The van der Waals surface area contributed by atoms with Gasteiger partial charge in [0.2, 0.25) is 10.1 Å². The lowest BCUT2D eigenvalue weighted by Gasteiger charge is -2.16. The summed E-state index contributed by atoms with van der Waals surface area (Å²) in [4.78, 5) is 17.3. The van der Waals surface area contributed by atoms with E-state index in [4.69, 9.17) is 5.26 Å². The minimum absolute atomic E-state index is 0.144. The number of sulfone groups is 1. The number of amides is 1. The third-order valence-corrected chi connectivity index (χ3v) is 7.13. The number of carbonyl (C=O) groups is 1. The molecule has 0 spiro atoms. The Bertz CT molecular complexity index is 1330. The van der Waals surface area contributed by atoms with Gasteiger partial charge >= 0.3 is 6.18 Å². The molecule has 0 fully saturated rings. The van der Waals surface area contributed by atoms with Crippen molar-refractivity contribution in [3.05, 3.63) is 52.8 Å². The number of nitriles is 1. The molecule has 3 rings (SSSR count). The van der Waals surface area contributed by atoms with Crippen molar-refractivity contribution < 1.29 is 26.4 Å². The summed E-state index contributed by atoms with van der Waals surface area (Å²) < 4.78 is 63.8. The number of aromatic nitrogens is 3. The van der Waals surface area contributed by atoms with Crippen molar-refractivity contribution in [1.82, 2.24) is 15.2 Å². The number of anilines is 1. The molecule has 2 aromatic heterocycles. The van der Waals surface area contributed by atoms with Crippen LogP contribution in [0.25, 0.3) is 11.1 Å². The second-order valence-corrected chi connectivity index (χ2v) is 9.62. The first-order valence-electron chi connectivity index (χ1n) is 8.90. The van der Waals surface area contributed by atoms with Gasteiger partial charge in [-0.15, -0.1) is 10.2 Å². The van der Waals surface area contributed by atoms with Crippen molar-refractivity contribution in [1.29, 1.82) is 5.26 Å². The number of rotatable bonds is 5. The van der Waals surface area contributed by atoms with E-state index in [1.54, 1.807) is 18.2 Å². The first kappa shape index (κ1) is 23.3. The molecule has 0 saturated heterocycles. The van der Waals surface area contributed by atoms with Crippen LogP contribution in [-0.4, -0.2) is 42.3 Å². The standard InChI is InChI=1S/C19H14F3N5O3S2/c1-3-32(29,30)14-8-13(12-6-4-5-11(7-12)9-23)10-24-15(14)16(28)27(2)18-26-25-17(31-18)19(20,21)22/h4-8,10H,3H2,1-2H3. The second-order valence-electron chi connectivity index (χ2n) is 6.42. The topological polar surface area (TPSA) is 117 Å². The first-order chi connectivity index (χ1) is 15.0. The third-order valence-electron chi connectivity index (χ3n) is 4.34. The van der Waals surface area contributed by atoms with Crippen LogP contribution in [0.3, 0.4) is 0 Å². The van der Waals surface area contributed by atoms with Gasteiger partial charge in [-0.05, 0) is 23.8 Å². The molecule has 0 unspecified atom stereocenters. The van der Waals surface area contributed by atoms with Crippen molar-refractivity contribution in [3.63, 3.8) is 0 Å². The molecule has 166 valence electrons. The lowest BCUT2D eigenvalue weighted by molar-refractivity contribution is -0.138. The summed E-state index contributed by atoms with van der Waals surface area (Å²) in [7, 11) is -2.79. The summed E-state index contributed by atoms with van der Waals surface area (Å²) in [6.45, 7) is 1.39. The van der Waals surface area contributed by atoms with Gasteiger partial charge in [0.1, 0.15) is 5.69 Å². The minimum Gasteiger partial charge on any atom is -0.284 e. The van der Waals surface area contributed by atoms with Gasteiger partial charge < -0.3 is 0 Å². The molecule has 0 N–H and O–H groups in total. The van der Waals surface area contributed by atoms with E-state index < -0.39 is 32.6 Å². The fraction of sp³-hybridized carbons (Fsp3) is 0.211. The van der Waals surface area contributed by atoms with Crippen LogP contribution in [0.5, 0.6) is 0 Å². The lowest BCUT2D eigenvalue weighted by atomic mass is 10.0. The van der Waals surface area contributed by atoms with Gasteiger partial charge in [0.25, 0.3) is 5.91 Å². The Morgan fingerprint density at radius 1 is 1.22 bits per heavy atom. The van der Waals surface area contributed by atoms with Gasteiger partial charge in [-0.25, -0.2) is 13.4 Å². The maximum absolute atomic E-state index is 12.9. The summed E-state index contributed by atoms with van der Waals surface area (Å²) in [5.74, 6) is -1.29. The normalized spacial score (nSPS) is 11.8. The molecule has 13 heteroatoms. The van der Waals surface area contributed by atoms with Crippen LogP contribution in [0, 0.1) is 11.3 Å². The molecule has 0 aliphatic heterocycles. The maximum atomic E-state index is 12.9. The highest BCUT2D eigenvalue weighted by atomic mass is 32.2. The van der Waals surface area contributed by atoms with E-state index in [9.17, 15) is 26.4 Å². The van der Waals surface area contributed by atoms with Crippen LogP contribution in [0.15, 0.2) is 41.4 Å². The molecule has 0 saturated carbocycles. The molecule has 2 heterocycles. The number of hydrogen-bond donors (Lipinski definition) is 0. The number of hydrogen-bond acceptors (Lipinski definition) is 8. The zero-order chi connectivity index (χ0) is 23.7. The Hall–Kier alpha value is -3.37. The molecular weight excluding hydrogens is 467 g/mol. The number of halogens is 3. The maximum Gasteiger partial charge on any atom is 0.445 e. The summed E-state index contributed by atoms with van der Waals surface area (Å²) in [6.07, 6.45) is -3.47. The Kier molecular flexibility index (Phi) is 6.29. The first-order valence-corrected chi connectivity index (χ1v) is 11.4. The fourth-order valence-corrected chi connectivity index (χ4v) is 4.36. The predicted molar refractivity (Wildman–Crippen MR) is 110 cm³/mol. The smallest absolute Gasteiger partial charge is 0.284 e. The molecule has 8 nitrogen and oxygen atoms in total. The summed E-state index contributed by atoms with van der Waals surface area (Å²) in [5.41, 5.74) is 0.747. The largest absolute Gasteiger partial charge is 0.445 e. The van der Waals surface area contributed by atoms with E-state index in [1.807, 2.05) is 6.07 Å². The molecule has 32 heavy (non-hydrogen) atoms. The summed E-state index contributed by atoms with van der Waals surface area (Å²) in [5, 5.41) is 13.9. The number of alkyl halides is 3. The quantitative estimate of drug-likeness (QED) is 0.547. The Balaban J connectivity index is 2.08. The van der Waals surface area contributed by atoms with Crippen molar-refractivity contribution in [3.8, 4) is 17.2 Å². The molecule has 3 aromatic rings. The molecule has 0 radical (unpaired) electrons. The molecule has 1 amide bonds. The van der Waals surface area contributed by atoms with Crippen molar-refractivity contribution in [2.24, 2.45) is 0 Å².